The molecule has 0 amide bonds. The van der Waals surface area contributed by atoms with E-state index >= 15 is 0 Å². The third-order valence-electron chi connectivity index (χ3n) is 2.67. The molecule has 2 aromatic rings. The molecule has 0 heterocycles. The van der Waals surface area contributed by atoms with E-state index in [0.717, 1.165) is 11.3 Å². The Morgan fingerprint density at radius 1 is 1.28 bits per heavy atom. The molecule has 0 aromatic heterocycles. The summed E-state index contributed by atoms with van der Waals surface area (Å²) in [6, 6.07) is 10.6. The summed E-state index contributed by atoms with van der Waals surface area (Å²) in [6.07, 6.45) is 0. The van der Waals surface area contributed by atoms with E-state index in [4.69, 9.17) is 11.6 Å². The molecule has 0 saturated heterocycles. The third kappa shape index (κ3) is 3.36. The molecule has 18 heavy (non-hydrogen) atoms. The van der Waals surface area contributed by atoms with E-state index in [1.807, 2.05) is 12.1 Å². The highest BCUT2D eigenvalue weighted by molar-refractivity contribution is 14.1. The zero-order valence-corrected chi connectivity index (χ0v) is 12.7. The van der Waals surface area contributed by atoms with Crippen molar-refractivity contribution in [1.29, 1.82) is 0 Å². The van der Waals surface area contributed by atoms with Gasteiger partial charge in [0, 0.05) is 20.8 Å². The fourth-order valence-corrected chi connectivity index (χ4v) is 2.45. The van der Waals surface area contributed by atoms with Gasteiger partial charge in [0.15, 0.2) is 0 Å². The fourth-order valence-electron chi connectivity index (χ4n) is 1.71. The quantitative estimate of drug-likeness (QED) is 0.744. The molecule has 0 atom stereocenters. The van der Waals surface area contributed by atoms with Crippen LogP contribution in [-0.4, -0.2) is 0 Å². The number of hydrogen-bond donors (Lipinski definition) is 1. The first-order chi connectivity index (χ1) is 8.56. The molecule has 0 aliphatic heterocycles. The summed E-state index contributed by atoms with van der Waals surface area (Å²) >= 11 is 8.11. The van der Waals surface area contributed by atoms with Crippen LogP contribution in [0.5, 0.6) is 0 Å². The van der Waals surface area contributed by atoms with Crippen molar-refractivity contribution in [2.75, 3.05) is 5.32 Å². The van der Waals surface area contributed by atoms with Crippen LogP contribution in [0.3, 0.4) is 0 Å². The highest BCUT2D eigenvalue weighted by atomic mass is 127. The SMILES string of the molecule is Cc1c(I)cccc1NCc1cc(F)cc(Cl)c1. The maximum Gasteiger partial charge on any atom is 0.125 e. The molecular weight excluding hydrogens is 364 g/mol. The Kier molecular flexibility index (Phi) is 4.45. The van der Waals surface area contributed by atoms with E-state index in [0.29, 0.717) is 11.6 Å². The van der Waals surface area contributed by atoms with Gasteiger partial charge < -0.3 is 5.32 Å². The first-order valence-corrected chi connectivity index (χ1v) is 6.96. The lowest BCUT2D eigenvalue weighted by molar-refractivity contribution is 0.626. The zero-order valence-electron chi connectivity index (χ0n) is 9.81. The Hall–Kier alpha value is -0.810. The second-order valence-corrected chi connectivity index (χ2v) is 5.64. The number of nitrogens with one attached hydrogen (secondary N) is 1. The van der Waals surface area contributed by atoms with Crippen LogP contribution in [0.25, 0.3) is 0 Å². The molecule has 2 aromatic carbocycles. The summed E-state index contributed by atoms with van der Waals surface area (Å²) in [5.74, 6) is -0.307. The van der Waals surface area contributed by atoms with Crippen LogP contribution in [0.15, 0.2) is 36.4 Å². The standard InChI is InChI=1S/C14H12ClFIN/c1-9-13(17)3-2-4-14(9)18-8-10-5-11(15)7-12(16)6-10/h2-7,18H,8H2,1H3. The molecule has 1 nitrogen and oxygen atoms in total. The maximum absolute atomic E-state index is 13.2. The average Bonchev–Trinajstić information content (AvgIpc) is 2.30. The van der Waals surface area contributed by atoms with Crippen LogP contribution in [0, 0.1) is 16.3 Å². The lowest BCUT2D eigenvalue weighted by atomic mass is 10.1. The minimum Gasteiger partial charge on any atom is -0.381 e. The molecule has 0 aliphatic rings. The monoisotopic (exact) mass is 375 g/mol. The van der Waals surface area contributed by atoms with Crippen LogP contribution in [0.1, 0.15) is 11.1 Å². The van der Waals surface area contributed by atoms with Gasteiger partial charge in [0.25, 0.3) is 0 Å². The first-order valence-electron chi connectivity index (χ1n) is 5.50. The van der Waals surface area contributed by atoms with E-state index in [1.165, 1.54) is 21.3 Å². The Labute approximate surface area is 124 Å². The predicted molar refractivity (Wildman–Crippen MR) is 82.6 cm³/mol. The van der Waals surface area contributed by atoms with Crippen molar-refractivity contribution in [3.8, 4) is 0 Å². The topological polar surface area (TPSA) is 12.0 Å². The molecule has 0 fully saturated rings. The first kappa shape index (κ1) is 13.6. The zero-order chi connectivity index (χ0) is 13.1. The van der Waals surface area contributed by atoms with Crippen molar-refractivity contribution in [3.63, 3.8) is 0 Å². The molecule has 0 bridgehead atoms. The summed E-state index contributed by atoms with van der Waals surface area (Å²) in [7, 11) is 0. The third-order valence-corrected chi connectivity index (χ3v) is 4.06. The van der Waals surface area contributed by atoms with Crippen LogP contribution in [-0.2, 0) is 6.54 Å². The molecule has 1 N–H and O–H groups in total. The molecule has 2 rings (SSSR count). The number of hydrogen-bond acceptors (Lipinski definition) is 1. The van der Waals surface area contributed by atoms with E-state index in [1.54, 1.807) is 6.07 Å². The van der Waals surface area contributed by atoms with Gasteiger partial charge in [-0.25, -0.2) is 4.39 Å². The van der Waals surface area contributed by atoms with E-state index < -0.39 is 0 Å². The number of halogens is 3. The lowest BCUT2D eigenvalue weighted by Gasteiger charge is -2.11. The molecule has 94 valence electrons. The van der Waals surface area contributed by atoms with Crippen molar-refractivity contribution in [3.05, 3.63) is 61.9 Å². The summed E-state index contributed by atoms with van der Waals surface area (Å²) in [6.45, 7) is 2.61. The molecule has 0 unspecified atom stereocenters. The Bertz CT molecular complexity index is 551. The van der Waals surface area contributed by atoms with E-state index in [-0.39, 0.29) is 5.82 Å². The van der Waals surface area contributed by atoms with Gasteiger partial charge in [-0.05, 0) is 71.0 Å². The van der Waals surface area contributed by atoms with Gasteiger partial charge in [0.2, 0.25) is 0 Å². The van der Waals surface area contributed by atoms with Gasteiger partial charge in [-0.15, -0.1) is 0 Å². The summed E-state index contributed by atoms with van der Waals surface area (Å²) in [5.41, 5.74) is 3.08. The van der Waals surface area contributed by atoms with Gasteiger partial charge in [0.05, 0.1) is 0 Å². The smallest absolute Gasteiger partial charge is 0.125 e. The number of benzene rings is 2. The van der Waals surface area contributed by atoms with Gasteiger partial charge in [0.1, 0.15) is 5.82 Å². The summed E-state index contributed by atoms with van der Waals surface area (Å²) in [4.78, 5) is 0. The minimum atomic E-state index is -0.307. The van der Waals surface area contributed by atoms with Gasteiger partial charge >= 0.3 is 0 Å². The molecule has 0 aliphatic carbocycles. The lowest BCUT2D eigenvalue weighted by Crippen LogP contribution is -2.02. The molecule has 0 saturated carbocycles. The second-order valence-electron chi connectivity index (χ2n) is 4.04. The van der Waals surface area contributed by atoms with Crippen LogP contribution in [0.2, 0.25) is 5.02 Å². The highest BCUT2D eigenvalue weighted by Crippen LogP contribution is 2.21. The minimum absolute atomic E-state index is 0.307. The summed E-state index contributed by atoms with van der Waals surface area (Å²) in [5, 5.41) is 3.72. The molecular formula is C14H12ClFIN. The Morgan fingerprint density at radius 2 is 2.06 bits per heavy atom. The van der Waals surface area contributed by atoms with Crippen molar-refractivity contribution < 1.29 is 4.39 Å². The van der Waals surface area contributed by atoms with Crippen molar-refractivity contribution in [2.45, 2.75) is 13.5 Å². The number of rotatable bonds is 3. The fraction of sp³-hybridized carbons (Fsp3) is 0.143. The van der Waals surface area contributed by atoms with Crippen molar-refractivity contribution >= 4 is 39.9 Å². The van der Waals surface area contributed by atoms with Crippen molar-refractivity contribution in [2.24, 2.45) is 0 Å². The maximum atomic E-state index is 13.2. The normalized spacial score (nSPS) is 10.4. The molecule has 4 heteroatoms. The Balaban J connectivity index is 2.14. The molecule has 0 spiro atoms. The molecule has 0 radical (unpaired) electrons. The van der Waals surface area contributed by atoms with Gasteiger partial charge in [-0.2, -0.15) is 0 Å². The van der Waals surface area contributed by atoms with Gasteiger partial charge in [-0.1, -0.05) is 17.7 Å². The second kappa shape index (κ2) is 5.89. The van der Waals surface area contributed by atoms with E-state index in [2.05, 4.69) is 40.9 Å². The number of anilines is 1. The van der Waals surface area contributed by atoms with E-state index in [9.17, 15) is 4.39 Å². The Morgan fingerprint density at radius 3 is 2.78 bits per heavy atom. The van der Waals surface area contributed by atoms with Gasteiger partial charge in [-0.3, -0.25) is 0 Å². The largest absolute Gasteiger partial charge is 0.381 e. The average molecular weight is 376 g/mol. The van der Waals surface area contributed by atoms with Crippen molar-refractivity contribution in [1.82, 2.24) is 0 Å². The summed E-state index contributed by atoms with van der Waals surface area (Å²) < 4.78 is 14.4. The van der Waals surface area contributed by atoms with Crippen LogP contribution < -0.4 is 5.32 Å². The van der Waals surface area contributed by atoms with Crippen LogP contribution >= 0.6 is 34.2 Å². The van der Waals surface area contributed by atoms with Crippen LogP contribution in [0.4, 0.5) is 10.1 Å². The predicted octanol–water partition coefficient (Wildman–Crippen LogP) is 5.00. The highest BCUT2D eigenvalue weighted by Gasteiger charge is 2.03.